The lowest BCUT2D eigenvalue weighted by Crippen LogP contribution is -2.51. The smallest absolute Gasteiger partial charge is 0.191 e. The van der Waals surface area contributed by atoms with Crippen LogP contribution in [0.25, 0.3) is 0 Å². The van der Waals surface area contributed by atoms with E-state index in [1.54, 1.807) is 11.3 Å². The van der Waals surface area contributed by atoms with Gasteiger partial charge >= 0.3 is 0 Å². The maximum atomic E-state index is 6.03. The second kappa shape index (κ2) is 7.75. The summed E-state index contributed by atoms with van der Waals surface area (Å²) >= 11 is 1.68. The van der Waals surface area contributed by atoms with Crippen molar-refractivity contribution >= 4 is 22.4 Å². The maximum Gasteiger partial charge on any atom is 0.191 e. The topological polar surface area (TPSA) is 57.8 Å². The molecule has 108 valence electrons. The quantitative estimate of drug-likeness (QED) is 0.385. The second-order valence-corrected chi connectivity index (χ2v) is 5.56. The molecule has 6 heteroatoms. The molecular weight excluding hydrogens is 270 g/mol. The highest BCUT2D eigenvalue weighted by molar-refractivity contribution is 7.13. The van der Waals surface area contributed by atoms with E-state index in [0.29, 0.717) is 5.96 Å². The zero-order valence-corrected chi connectivity index (χ0v) is 12.5. The number of guanidine groups is 1. The van der Waals surface area contributed by atoms with Gasteiger partial charge in [-0.3, -0.25) is 4.99 Å². The molecule has 5 nitrogen and oxygen atoms in total. The molecule has 2 N–H and O–H groups in total. The van der Waals surface area contributed by atoms with Crippen molar-refractivity contribution in [1.82, 2.24) is 9.88 Å². The Bertz CT molecular complexity index is 454. The third kappa shape index (κ3) is 4.14. The fraction of sp³-hybridized carbons (Fsp3) is 0.571. The summed E-state index contributed by atoms with van der Waals surface area (Å²) in [5.41, 5.74) is 6.03. The Morgan fingerprint density at radius 2 is 2.20 bits per heavy atom. The first-order valence-corrected chi connectivity index (χ1v) is 7.82. The Morgan fingerprint density at radius 1 is 1.40 bits per heavy atom. The molecule has 0 radical (unpaired) electrons. The lowest BCUT2D eigenvalue weighted by molar-refractivity contribution is 0.380. The van der Waals surface area contributed by atoms with E-state index in [2.05, 4.69) is 25.7 Å². The van der Waals surface area contributed by atoms with Crippen LogP contribution in [-0.2, 0) is 0 Å². The van der Waals surface area contributed by atoms with Crippen molar-refractivity contribution in [2.45, 2.75) is 19.3 Å². The third-order valence-electron chi connectivity index (χ3n) is 3.30. The molecule has 1 fully saturated rings. The van der Waals surface area contributed by atoms with Crippen LogP contribution >= 0.6 is 11.3 Å². The Balaban J connectivity index is 1.73. The zero-order valence-electron chi connectivity index (χ0n) is 11.7. The van der Waals surface area contributed by atoms with Crippen molar-refractivity contribution in [3.63, 3.8) is 0 Å². The number of aromatic nitrogens is 1. The molecule has 20 heavy (non-hydrogen) atoms. The number of rotatable bonds is 5. The summed E-state index contributed by atoms with van der Waals surface area (Å²) in [6.45, 7) is 4.46. The fourth-order valence-corrected chi connectivity index (χ4v) is 2.83. The first-order valence-electron chi connectivity index (χ1n) is 6.94. The summed E-state index contributed by atoms with van der Waals surface area (Å²) in [5.74, 6) is 3.29. The molecule has 0 aromatic carbocycles. The average Bonchev–Trinajstić information content (AvgIpc) is 3.01. The Kier molecular flexibility index (Phi) is 5.69. The highest BCUT2D eigenvalue weighted by Crippen LogP contribution is 2.18. The second-order valence-electron chi connectivity index (χ2n) is 4.69. The van der Waals surface area contributed by atoms with Gasteiger partial charge in [0, 0.05) is 50.7 Å². The van der Waals surface area contributed by atoms with Gasteiger partial charge in [-0.2, -0.15) is 0 Å². The number of hydrogen-bond acceptors (Lipinski definition) is 4. The molecule has 1 aromatic rings. The van der Waals surface area contributed by atoms with Crippen LogP contribution in [-0.4, -0.2) is 48.6 Å². The molecule has 0 spiro atoms. The van der Waals surface area contributed by atoms with Gasteiger partial charge in [-0.1, -0.05) is 0 Å². The highest BCUT2D eigenvalue weighted by Gasteiger charge is 2.19. The Labute approximate surface area is 124 Å². The van der Waals surface area contributed by atoms with Crippen molar-refractivity contribution < 1.29 is 0 Å². The standard InChI is InChI=1S/C14H21N5S/c1-2-3-4-5-6-16-13(15)18-8-10-19(11-9-18)14-17-7-12-20-14/h1,7,12H,3-6,8-11H2,(H2,15,16). The van der Waals surface area contributed by atoms with Gasteiger partial charge in [-0.15, -0.1) is 23.7 Å². The van der Waals surface area contributed by atoms with E-state index < -0.39 is 0 Å². The van der Waals surface area contributed by atoms with E-state index in [1.807, 2.05) is 11.6 Å². The van der Waals surface area contributed by atoms with Crippen LogP contribution in [0.1, 0.15) is 19.3 Å². The average molecular weight is 291 g/mol. The van der Waals surface area contributed by atoms with Gasteiger partial charge in [0.05, 0.1) is 0 Å². The van der Waals surface area contributed by atoms with Gasteiger partial charge in [0.25, 0.3) is 0 Å². The van der Waals surface area contributed by atoms with Crippen LogP contribution in [0, 0.1) is 12.3 Å². The number of terminal acetylenes is 1. The molecule has 0 unspecified atom stereocenters. The van der Waals surface area contributed by atoms with Gasteiger partial charge < -0.3 is 15.5 Å². The molecule has 0 atom stereocenters. The Morgan fingerprint density at radius 3 is 2.85 bits per heavy atom. The number of nitrogens with two attached hydrogens (primary N) is 1. The van der Waals surface area contributed by atoms with Crippen LogP contribution in [0.3, 0.4) is 0 Å². The number of anilines is 1. The molecule has 2 rings (SSSR count). The monoisotopic (exact) mass is 291 g/mol. The van der Waals surface area contributed by atoms with Crippen molar-refractivity contribution in [1.29, 1.82) is 0 Å². The van der Waals surface area contributed by atoms with E-state index in [9.17, 15) is 0 Å². The normalized spacial score (nSPS) is 16.2. The first kappa shape index (κ1) is 14.7. The van der Waals surface area contributed by atoms with Gasteiger partial charge in [-0.05, 0) is 12.8 Å². The minimum atomic E-state index is 0.657. The van der Waals surface area contributed by atoms with Crippen LogP contribution in [0.15, 0.2) is 16.6 Å². The van der Waals surface area contributed by atoms with Crippen LogP contribution in [0.5, 0.6) is 0 Å². The van der Waals surface area contributed by atoms with Gasteiger partial charge in [0.15, 0.2) is 11.1 Å². The maximum absolute atomic E-state index is 6.03. The van der Waals surface area contributed by atoms with Crippen molar-refractivity contribution in [3.8, 4) is 12.3 Å². The summed E-state index contributed by atoms with van der Waals surface area (Å²) in [6.07, 6.45) is 9.90. The SMILES string of the molecule is C#CCCCCN=C(N)N1CCN(c2nccs2)CC1. The third-order valence-corrected chi connectivity index (χ3v) is 4.13. The van der Waals surface area contributed by atoms with Crippen molar-refractivity contribution in [2.75, 3.05) is 37.6 Å². The lowest BCUT2D eigenvalue weighted by atomic mass is 10.2. The lowest BCUT2D eigenvalue weighted by Gasteiger charge is -2.35. The number of thiazole rings is 1. The van der Waals surface area contributed by atoms with E-state index >= 15 is 0 Å². The molecule has 1 saturated heterocycles. The van der Waals surface area contributed by atoms with Gasteiger partial charge in [0.2, 0.25) is 0 Å². The van der Waals surface area contributed by atoms with Crippen molar-refractivity contribution in [3.05, 3.63) is 11.6 Å². The summed E-state index contributed by atoms with van der Waals surface area (Å²) in [7, 11) is 0. The van der Waals surface area contributed by atoms with Crippen LogP contribution in [0.2, 0.25) is 0 Å². The molecule has 0 amide bonds. The Hall–Kier alpha value is -1.74. The predicted octanol–water partition coefficient (Wildman–Crippen LogP) is 1.38. The minimum absolute atomic E-state index is 0.657. The van der Waals surface area contributed by atoms with Crippen molar-refractivity contribution in [2.24, 2.45) is 10.7 Å². The fourth-order valence-electron chi connectivity index (χ4n) is 2.13. The van der Waals surface area contributed by atoms with E-state index in [4.69, 9.17) is 12.2 Å². The summed E-state index contributed by atoms with van der Waals surface area (Å²) < 4.78 is 0. The van der Waals surface area contributed by atoms with Gasteiger partial charge in [0.1, 0.15) is 0 Å². The predicted molar refractivity (Wildman–Crippen MR) is 85.1 cm³/mol. The van der Waals surface area contributed by atoms with E-state index in [-0.39, 0.29) is 0 Å². The van der Waals surface area contributed by atoms with E-state index in [1.165, 1.54) is 0 Å². The number of piperazine rings is 1. The highest BCUT2D eigenvalue weighted by atomic mass is 32.1. The molecule has 1 aliphatic heterocycles. The van der Waals surface area contributed by atoms with Crippen LogP contribution in [0.4, 0.5) is 5.13 Å². The molecular formula is C14H21N5S. The molecule has 2 heterocycles. The molecule has 0 aliphatic carbocycles. The molecule has 1 aliphatic rings. The number of nitrogens with zero attached hydrogens (tertiary/aromatic N) is 4. The van der Waals surface area contributed by atoms with Crippen LogP contribution < -0.4 is 10.6 Å². The number of unbranched alkanes of at least 4 members (excludes halogenated alkanes) is 2. The number of aliphatic imine (C=N–C) groups is 1. The van der Waals surface area contributed by atoms with Gasteiger partial charge in [-0.25, -0.2) is 4.98 Å². The largest absolute Gasteiger partial charge is 0.370 e. The summed E-state index contributed by atoms with van der Waals surface area (Å²) in [5, 5.41) is 3.10. The summed E-state index contributed by atoms with van der Waals surface area (Å²) in [4.78, 5) is 13.2. The molecule has 1 aromatic heterocycles. The zero-order chi connectivity index (χ0) is 14.2. The van der Waals surface area contributed by atoms with E-state index in [0.717, 1.165) is 57.1 Å². The molecule has 0 saturated carbocycles. The first-order chi connectivity index (χ1) is 9.81. The number of hydrogen-bond donors (Lipinski definition) is 1. The molecule has 0 bridgehead atoms. The summed E-state index contributed by atoms with van der Waals surface area (Å²) in [6, 6.07) is 0. The minimum Gasteiger partial charge on any atom is -0.370 e.